The van der Waals surface area contributed by atoms with Gasteiger partial charge in [0, 0.05) is 0 Å². The van der Waals surface area contributed by atoms with Gasteiger partial charge in [-0.2, -0.15) is 5.10 Å². The number of nitrogens with one attached hydrogen (secondary N) is 1. The fraction of sp³-hybridized carbons (Fsp3) is 0.444. The summed E-state index contributed by atoms with van der Waals surface area (Å²) in [4.78, 5) is 11.9. The number of aryl methyl sites for hydroxylation is 1. The predicted molar refractivity (Wildman–Crippen MR) is 89.3 cm³/mol. The number of rotatable bonds is 5. The first kappa shape index (κ1) is 16.3. The molecule has 0 heterocycles. The molecule has 0 fully saturated rings. The van der Waals surface area contributed by atoms with Gasteiger partial charge in [-0.1, -0.05) is 31.6 Å². The Kier molecular flexibility index (Phi) is 5.36. The molecule has 4 heteroatoms. The number of hydrogen-bond donors (Lipinski definition) is 1. The van der Waals surface area contributed by atoms with Gasteiger partial charge in [0.05, 0.1) is 5.71 Å². The molecule has 0 bridgehead atoms. The lowest BCUT2D eigenvalue weighted by Gasteiger charge is -2.14. The fourth-order valence-electron chi connectivity index (χ4n) is 2.40. The molecule has 1 aromatic carbocycles. The van der Waals surface area contributed by atoms with Gasteiger partial charge in [0.15, 0.2) is 6.61 Å². The number of nitrogens with zero attached hydrogens (tertiary/aromatic N) is 1. The number of carbonyl (C=O) groups excluding carboxylic acids is 1. The molecule has 1 aromatic rings. The number of ether oxygens (including phenoxy) is 1. The van der Waals surface area contributed by atoms with Gasteiger partial charge in [0.1, 0.15) is 5.75 Å². The molecular weight excluding hydrogens is 276 g/mol. The van der Waals surface area contributed by atoms with Crippen LogP contribution in [0, 0.1) is 6.92 Å². The van der Waals surface area contributed by atoms with Crippen LogP contribution in [0.3, 0.4) is 0 Å². The molecule has 0 aromatic heterocycles. The SMILES string of the molecule is CC1=C/C(=N/NC(=O)COc2cc(C)ccc2C(C)C)CC1. The Balaban J connectivity index is 1.93. The zero-order valence-corrected chi connectivity index (χ0v) is 13.8. The molecule has 0 atom stereocenters. The summed E-state index contributed by atoms with van der Waals surface area (Å²) in [6.07, 6.45) is 3.92. The quantitative estimate of drug-likeness (QED) is 0.843. The summed E-state index contributed by atoms with van der Waals surface area (Å²) in [5, 5.41) is 4.12. The van der Waals surface area contributed by atoms with Crippen LogP contribution >= 0.6 is 0 Å². The largest absolute Gasteiger partial charge is 0.483 e. The number of amides is 1. The maximum absolute atomic E-state index is 11.9. The summed E-state index contributed by atoms with van der Waals surface area (Å²) >= 11 is 0. The topological polar surface area (TPSA) is 50.7 Å². The summed E-state index contributed by atoms with van der Waals surface area (Å²) in [6, 6.07) is 6.08. The van der Waals surface area contributed by atoms with Gasteiger partial charge >= 0.3 is 0 Å². The summed E-state index contributed by atoms with van der Waals surface area (Å²) in [5.74, 6) is 0.890. The molecule has 0 unspecified atom stereocenters. The van der Waals surface area contributed by atoms with Crippen molar-refractivity contribution in [3.05, 3.63) is 41.0 Å². The van der Waals surface area contributed by atoms with E-state index in [-0.39, 0.29) is 12.5 Å². The third kappa shape index (κ3) is 4.45. The fourth-order valence-corrected chi connectivity index (χ4v) is 2.40. The molecule has 4 nitrogen and oxygen atoms in total. The molecule has 0 saturated carbocycles. The molecular formula is C18H24N2O2. The van der Waals surface area contributed by atoms with Crippen molar-refractivity contribution in [2.24, 2.45) is 5.10 Å². The van der Waals surface area contributed by atoms with E-state index in [0.29, 0.717) is 5.92 Å². The highest BCUT2D eigenvalue weighted by Gasteiger charge is 2.11. The Hall–Kier alpha value is -2.10. The summed E-state index contributed by atoms with van der Waals surface area (Å²) in [7, 11) is 0. The molecule has 22 heavy (non-hydrogen) atoms. The minimum atomic E-state index is -0.235. The Morgan fingerprint density at radius 2 is 2.09 bits per heavy atom. The van der Waals surface area contributed by atoms with E-state index >= 15 is 0 Å². The molecule has 1 N–H and O–H groups in total. The van der Waals surface area contributed by atoms with E-state index in [4.69, 9.17) is 4.74 Å². The highest BCUT2D eigenvalue weighted by Crippen LogP contribution is 2.27. The zero-order valence-electron chi connectivity index (χ0n) is 13.8. The smallest absolute Gasteiger partial charge is 0.277 e. The average molecular weight is 300 g/mol. The van der Waals surface area contributed by atoms with Crippen molar-refractivity contribution in [2.75, 3.05) is 6.61 Å². The first-order chi connectivity index (χ1) is 10.5. The molecule has 0 radical (unpaired) electrons. The van der Waals surface area contributed by atoms with Crippen LogP contribution in [0.5, 0.6) is 5.75 Å². The van der Waals surface area contributed by atoms with Crippen LogP contribution in [0.25, 0.3) is 0 Å². The van der Waals surface area contributed by atoms with Crippen molar-refractivity contribution in [3.63, 3.8) is 0 Å². The first-order valence-corrected chi connectivity index (χ1v) is 7.71. The number of hydrogen-bond acceptors (Lipinski definition) is 3. The van der Waals surface area contributed by atoms with E-state index in [9.17, 15) is 4.79 Å². The van der Waals surface area contributed by atoms with Gasteiger partial charge in [-0.25, -0.2) is 5.43 Å². The summed E-state index contributed by atoms with van der Waals surface area (Å²) in [6.45, 7) is 8.27. The van der Waals surface area contributed by atoms with E-state index in [1.54, 1.807) is 0 Å². The van der Waals surface area contributed by atoms with Gasteiger partial charge in [-0.15, -0.1) is 0 Å². The van der Waals surface area contributed by atoms with Gasteiger partial charge in [-0.3, -0.25) is 4.79 Å². The molecule has 0 spiro atoms. The van der Waals surface area contributed by atoms with E-state index in [1.165, 1.54) is 5.57 Å². The molecule has 1 aliphatic rings. The second-order valence-electron chi connectivity index (χ2n) is 6.11. The normalized spacial score (nSPS) is 16.0. The average Bonchev–Trinajstić information content (AvgIpc) is 2.88. The van der Waals surface area contributed by atoms with Crippen LogP contribution in [0.2, 0.25) is 0 Å². The van der Waals surface area contributed by atoms with Crippen LogP contribution in [-0.2, 0) is 4.79 Å². The molecule has 2 rings (SSSR count). The van der Waals surface area contributed by atoms with E-state index in [0.717, 1.165) is 35.4 Å². The second kappa shape index (κ2) is 7.25. The number of allylic oxidation sites excluding steroid dienone is 2. The standard InChI is InChI=1S/C18H24N2O2/c1-12(2)16-8-6-14(4)10-17(16)22-11-18(21)20-19-15-7-5-13(3)9-15/h6,8-10,12H,5,7,11H2,1-4H3,(H,20,21)/b19-15+. The highest BCUT2D eigenvalue weighted by molar-refractivity contribution is 5.98. The van der Waals surface area contributed by atoms with Crippen LogP contribution in [0.15, 0.2) is 34.9 Å². The zero-order chi connectivity index (χ0) is 16.1. The van der Waals surface area contributed by atoms with Crippen molar-refractivity contribution in [2.45, 2.75) is 46.5 Å². The van der Waals surface area contributed by atoms with E-state index in [2.05, 4.69) is 43.4 Å². The lowest BCUT2D eigenvalue weighted by molar-refractivity contribution is -0.123. The number of hydrazone groups is 1. The summed E-state index contributed by atoms with van der Waals surface area (Å²) in [5.41, 5.74) is 7.00. The second-order valence-corrected chi connectivity index (χ2v) is 6.11. The minimum Gasteiger partial charge on any atom is -0.483 e. The number of carbonyl (C=O) groups is 1. The lowest BCUT2D eigenvalue weighted by atomic mass is 10.0. The van der Waals surface area contributed by atoms with Crippen molar-refractivity contribution >= 4 is 11.6 Å². The first-order valence-electron chi connectivity index (χ1n) is 7.71. The van der Waals surface area contributed by atoms with Gasteiger partial charge in [-0.05, 0) is 55.9 Å². The highest BCUT2D eigenvalue weighted by atomic mass is 16.5. The van der Waals surface area contributed by atoms with Gasteiger partial charge in [0.25, 0.3) is 5.91 Å². The Morgan fingerprint density at radius 3 is 2.73 bits per heavy atom. The van der Waals surface area contributed by atoms with E-state index < -0.39 is 0 Å². The monoisotopic (exact) mass is 300 g/mol. The van der Waals surface area contributed by atoms with Crippen molar-refractivity contribution in [1.82, 2.24) is 5.43 Å². The molecule has 1 aliphatic carbocycles. The maximum Gasteiger partial charge on any atom is 0.277 e. The van der Waals surface area contributed by atoms with Crippen LogP contribution in [-0.4, -0.2) is 18.2 Å². The Morgan fingerprint density at radius 1 is 1.32 bits per heavy atom. The molecule has 118 valence electrons. The van der Waals surface area contributed by atoms with Gasteiger partial charge < -0.3 is 4.74 Å². The Bertz CT molecular complexity index is 616. The summed E-state index contributed by atoms with van der Waals surface area (Å²) < 4.78 is 5.68. The molecule has 0 aliphatic heterocycles. The predicted octanol–water partition coefficient (Wildman–Crippen LogP) is 3.71. The van der Waals surface area contributed by atoms with E-state index in [1.807, 2.05) is 19.1 Å². The van der Waals surface area contributed by atoms with Crippen molar-refractivity contribution < 1.29 is 9.53 Å². The molecule has 1 amide bonds. The number of benzene rings is 1. The Labute approximate surface area is 132 Å². The minimum absolute atomic E-state index is 0.0251. The van der Waals surface area contributed by atoms with Crippen molar-refractivity contribution in [1.29, 1.82) is 0 Å². The van der Waals surface area contributed by atoms with Crippen LogP contribution in [0.1, 0.15) is 50.7 Å². The van der Waals surface area contributed by atoms with Gasteiger partial charge in [0.2, 0.25) is 0 Å². The maximum atomic E-state index is 11.9. The third-order valence-corrected chi connectivity index (χ3v) is 3.66. The van der Waals surface area contributed by atoms with Crippen molar-refractivity contribution in [3.8, 4) is 5.75 Å². The molecule has 0 saturated heterocycles. The lowest BCUT2D eigenvalue weighted by Crippen LogP contribution is -2.25. The van der Waals surface area contributed by atoms with Crippen LogP contribution < -0.4 is 10.2 Å². The van der Waals surface area contributed by atoms with Crippen LogP contribution in [0.4, 0.5) is 0 Å². The third-order valence-electron chi connectivity index (χ3n) is 3.66.